The smallest absolute Gasteiger partial charge is 0.238 e. The molecule has 28 heavy (non-hydrogen) atoms. The Morgan fingerprint density at radius 3 is 2.36 bits per heavy atom. The van der Waals surface area contributed by atoms with Crippen molar-refractivity contribution in [2.24, 2.45) is 0 Å². The number of rotatable bonds is 5. The minimum Gasteiger partial charge on any atom is -0.336 e. The van der Waals surface area contributed by atoms with E-state index in [1.807, 2.05) is 6.07 Å². The molecule has 0 aliphatic carbocycles. The van der Waals surface area contributed by atoms with Crippen LogP contribution in [0.4, 0.5) is 0 Å². The first-order valence-corrected chi connectivity index (χ1v) is 10.5. The second kappa shape index (κ2) is 8.57. The number of nitrogens with zero attached hydrogens (tertiary/aromatic N) is 3. The Morgan fingerprint density at radius 2 is 1.75 bits per heavy atom. The molecule has 0 saturated carbocycles. The van der Waals surface area contributed by atoms with Crippen molar-refractivity contribution in [3.8, 4) is 6.07 Å². The van der Waals surface area contributed by atoms with Crippen LogP contribution in [-0.2, 0) is 21.4 Å². The molecule has 0 aromatic heterocycles. The molecule has 0 radical (unpaired) electrons. The summed E-state index contributed by atoms with van der Waals surface area (Å²) < 4.78 is 26.2. The molecule has 0 unspecified atom stereocenters. The molecule has 144 valence electrons. The minimum atomic E-state index is -3.69. The number of halogens is 1. The van der Waals surface area contributed by atoms with E-state index in [1.54, 1.807) is 53.4 Å². The Morgan fingerprint density at radius 1 is 1.07 bits per heavy atom. The Kier molecular flexibility index (Phi) is 6.15. The van der Waals surface area contributed by atoms with E-state index in [1.165, 1.54) is 10.4 Å². The number of carbonyl (C=O) groups excluding carboxylic acids is 1. The van der Waals surface area contributed by atoms with Crippen molar-refractivity contribution < 1.29 is 13.2 Å². The summed E-state index contributed by atoms with van der Waals surface area (Å²) >= 11 is 5.82. The van der Waals surface area contributed by atoms with E-state index in [0.29, 0.717) is 29.2 Å². The second-order valence-corrected chi connectivity index (χ2v) is 8.61. The lowest BCUT2D eigenvalue weighted by molar-refractivity contribution is -0.134. The molecule has 0 spiro atoms. The largest absolute Gasteiger partial charge is 0.336 e. The first-order valence-electron chi connectivity index (χ1n) is 8.58. The first-order chi connectivity index (χ1) is 13.4. The molecule has 6 nitrogen and oxygen atoms in total. The van der Waals surface area contributed by atoms with E-state index < -0.39 is 10.0 Å². The molecule has 1 fully saturated rings. The van der Waals surface area contributed by atoms with Crippen LogP contribution >= 0.6 is 11.6 Å². The van der Waals surface area contributed by atoms with Gasteiger partial charge in [-0.2, -0.15) is 9.57 Å². The van der Waals surface area contributed by atoms with Crippen LogP contribution in [0.25, 0.3) is 6.08 Å². The third-order valence-electron chi connectivity index (χ3n) is 4.40. The predicted molar refractivity (Wildman–Crippen MR) is 108 cm³/mol. The lowest BCUT2D eigenvalue weighted by Gasteiger charge is -2.33. The molecule has 1 saturated heterocycles. The fraction of sp³-hybridized carbons (Fsp3) is 0.200. The van der Waals surface area contributed by atoms with Crippen LogP contribution in [0.1, 0.15) is 16.7 Å². The zero-order valence-corrected chi connectivity index (χ0v) is 16.5. The van der Waals surface area contributed by atoms with Gasteiger partial charge in [-0.1, -0.05) is 35.9 Å². The summed E-state index contributed by atoms with van der Waals surface area (Å²) in [5.74, 6) is -0.251. The highest BCUT2D eigenvalue weighted by molar-refractivity contribution is 7.92. The number of benzene rings is 2. The number of nitriles is 1. The molecule has 1 aliphatic rings. The number of sulfonamides is 1. The van der Waals surface area contributed by atoms with Crippen LogP contribution in [0.5, 0.6) is 0 Å². The Bertz CT molecular complexity index is 1030. The van der Waals surface area contributed by atoms with E-state index in [4.69, 9.17) is 16.9 Å². The summed E-state index contributed by atoms with van der Waals surface area (Å²) in [6, 6.07) is 15.8. The predicted octanol–water partition coefficient (Wildman–Crippen LogP) is 2.86. The highest BCUT2D eigenvalue weighted by Gasteiger charge is 2.30. The maximum Gasteiger partial charge on any atom is 0.238 e. The van der Waals surface area contributed by atoms with Gasteiger partial charge in [0, 0.05) is 30.1 Å². The third kappa shape index (κ3) is 4.98. The van der Waals surface area contributed by atoms with Crippen molar-refractivity contribution in [2.45, 2.75) is 6.54 Å². The van der Waals surface area contributed by atoms with Gasteiger partial charge in [-0.05, 0) is 41.5 Å². The summed E-state index contributed by atoms with van der Waals surface area (Å²) in [6.45, 7) is 0.741. The number of carbonyl (C=O) groups is 1. The van der Waals surface area contributed by atoms with Gasteiger partial charge in [-0.15, -0.1) is 0 Å². The lowest BCUT2D eigenvalue weighted by Crippen LogP contribution is -2.51. The standard InChI is InChI=1S/C20H18ClN3O3S/c21-19-7-5-16(6-8-19)9-12-28(26,27)24-11-10-23(20(25)15-24)14-18-3-1-17(13-22)2-4-18/h1-9,12H,10-11,14-15H2. The molecule has 0 N–H and O–H groups in total. The molecule has 8 heteroatoms. The van der Waals surface area contributed by atoms with Crippen LogP contribution in [0.3, 0.4) is 0 Å². The zero-order valence-electron chi connectivity index (χ0n) is 15.0. The van der Waals surface area contributed by atoms with E-state index >= 15 is 0 Å². The SMILES string of the molecule is N#Cc1ccc(CN2CCN(S(=O)(=O)C=Cc3ccc(Cl)cc3)CC2=O)cc1. The van der Waals surface area contributed by atoms with Crippen LogP contribution in [0.2, 0.25) is 5.02 Å². The highest BCUT2D eigenvalue weighted by Crippen LogP contribution is 2.16. The van der Waals surface area contributed by atoms with Gasteiger partial charge in [-0.25, -0.2) is 8.42 Å². The van der Waals surface area contributed by atoms with Gasteiger partial charge in [0.1, 0.15) is 0 Å². The van der Waals surface area contributed by atoms with Gasteiger partial charge in [0.2, 0.25) is 15.9 Å². The summed E-state index contributed by atoms with van der Waals surface area (Å²) in [4.78, 5) is 14.0. The number of amides is 1. The molecule has 1 heterocycles. The zero-order chi connectivity index (χ0) is 20.1. The third-order valence-corrected chi connectivity index (χ3v) is 6.17. The van der Waals surface area contributed by atoms with E-state index in [-0.39, 0.29) is 19.0 Å². The molecule has 1 aliphatic heterocycles. The normalized spacial score (nSPS) is 15.7. The van der Waals surface area contributed by atoms with Crippen molar-refractivity contribution in [1.82, 2.24) is 9.21 Å². The van der Waals surface area contributed by atoms with E-state index in [9.17, 15) is 13.2 Å². The maximum atomic E-state index is 12.5. The molecule has 0 atom stereocenters. The Balaban J connectivity index is 1.62. The average Bonchev–Trinajstić information content (AvgIpc) is 2.69. The first kappa shape index (κ1) is 20.1. The van der Waals surface area contributed by atoms with Crippen LogP contribution < -0.4 is 0 Å². The van der Waals surface area contributed by atoms with Gasteiger partial charge >= 0.3 is 0 Å². The number of hydrogen-bond donors (Lipinski definition) is 0. The van der Waals surface area contributed by atoms with Gasteiger partial charge in [0.05, 0.1) is 18.2 Å². The average molecular weight is 416 g/mol. The van der Waals surface area contributed by atoms with Gasteiger partial charge in [-0.3, -0.25) is 4.79 Å². The highest BCUT2D eigenvalue weighted by atomic mass is 35.5. The molecule has 2 aromatic carbocycles. The molecule has 3 rings (SSSR count). The quantitative estimate of drug-likeness (QED) is 0.751. The van der Waals surface area contributed by atoms with Gasteiger partial charge in [0.25, 0.3) is 0 Å². The Hall–Kier alpha value is -2.66. The molecular formula is C20H18ClN3O3S. The number of hydrogen-bond acceptors (Lipinski definition) is 4. The fourth-order valence-corrected chi connectivity index (χ4v) is 4.05. The summed E-state index contributed by atoms with van der Waals surface area (Å²) in [5, 5.41) is 10.5. The molecular weight excluding hydrogens is 398 g/mol. The Labute approximate surface area is 169 Å². The van der Waals surface area contributed by atoms with Crippen molar-refractivity contribution in [2.75, 3.05) is 19.6 Å². The van der Waals surface area contributed by atoms with Crippen molar-refractivity contribution in [1.29, 1.82) is 5.26 Å². The fourth-order valence-electron chi connectivity index (χ4n) is 2.80. The van der Waals surface area contributed by atoms with Gasteiger partial charge < -0.3 is 4.90 Å². The van der Waals surface area contributed by atoms with Crippen LogP contribution in [-0.4, -0.2) is 43.2 Å². The molecule has 0 bridgehead atoms. The number of piperazine rings is 1. The van der Waals surface area contributed by atoms with E-state index in [0.717, 1.165) is 11.0 Å². The van der Waals surface area contributed by atoms with E-state index in [2.05, 4.69) is 0 Å². The maximum absolute atomic E-state index is 12.5. The van der Waals surface area contributed by atoms with Gasteiger partial charge in [0.15, 0.2) is 0 Å². The van der Waals surface area contributed by atoms with Crippen LogP contribution in [0, 0.1) is 11.3 Å². The van der Waals surface area contributed by atoms with Crippen molar-refractivity contribution >= 4 is 33.6 Å². The topological polar surface area (TPSA) is 81.5 Å². The minimum absolute atomic E-state index is 0.191. The van der Waals surface area contributed by atoms with Crippen molar-refractivity contribution in [3.05, 3.63) is 75.7 Å². The summed E-state index contributed by atoms with van der Waals surface area (Å²) in [6.07, 6.45) is 1.49. The van der Waals surface area contributed by atoms with Crippen LogP contribution in [0.15, 0.2) is 53.9 Å². The molecule has 2 aromatic rings. The molecule has 1 amide bonds. The second-order valence-electron chi connectivity index (χ2n) is 6.36. The monoisotopic (exact) mass is 415 g/mol. The lowest BCUT2D eigenvalue weighted by atomic mass is 10.1. The summed E-state index contributed by atoms with van der Waals surface area (Å²) in [5.41, 5.74) is 2.16. The van der Waals surface area contributed by atoms with Crippen molar-refractivity contribution in [3.63, 3.8) is 0 Å². The summed E-state index contributed by atoms with van der Waals surface area (Å²) in [7, 11) is -3.69.